The molecular formula is C8H20OS2Si. The van der Waals surface area contributed by atoms with Crippen LogP contribution in [-0.4, -0.2) is 25.0 Å². The van der Waals surface area contributed by atoms with Crippen LogP contribution in [0.1, 0.15) is 13.8 Å². The first-order valence-electron chi connectivity index (χ1n) is 4.32. The molecule has 0 aliphatic rings. The standard InChI is InChI=1S/C8H20OS2Si/c1-7(2)9-8(11)5-12(3,4)6-10/h7-8,10-11H,5-6H2,1-4H3. The molecule has 0 radical (unpaired) electrons. The summed E-state index contributed by atoms with van der Waals surface area (Å²) in [4.78, 5) is 0. The van der Waals surface area contributed by atoms with E-state index in [1.807, 2.05) is 13.8 Å². The summed E-state index contributed by atoms with van der Waals surface area (Å²) < 4.78 is 5.55. The molecule has 74 valence electrons. The SMILES string of the molecule is CC(C)OC(S)C[Si](C)(C)CS. The Kier molecular flexibility index (Phi) is 5.98. The summed E-state index contributed by atoms with van der Waals surface area (Å²) in [6.07, 6.45) is 0.275. The lowest BCUT2D eigenvalue weighted by molar-refractivity contribution is 0.0696. The number of hydrogen-bond acceptors (Lipinski definition) is 3. The van der Waals surface area contributed by atoms with Crippen LogP contribution in [0.4, 0.5) is 0 Å². The molecular weight excluding hydrogens is 204 g/mol. The first-order chi connectivity index (χ1) is 5.37. The summed E-state index contributed by atoms with van der Waals surface area (Å²) in [6.45, 7) is 8.71. The Morgan fingerprint density at radius 1 is 1.33 bits per heavy atom. The van der Waals surface area contributed by atoms with E-state index in [0.29, 0.717) is 0 Å². The fraction of sp³-hybridized carbons (Fsp3) is 1.00. The van der Waals surface area contributed by atoms with Crippen LogP contribution in [0.15, 0.2) is 0 Å². The lowest BCUT2D eigenvalue weighted by Crippen LogP contribution is -2.33. The molecule has 12 heavy (non-hydrogen) atoms. The van der Waals surface area contributed by atoms with Crippen molar-refractivity contribution in [1.82, 2.24) is 0 Å². The van der Waals surface area contributed by atoms with Crippen LogP contribution in [0, 0.1) is 0 Å². The van der Waals surface area contributed by atoms with Gasteiger partial charge in [0.2, 0.25) is 0 Å². The molecule has 4 heteroatoms. The average molecular weight is 224 g/mol. The third kappa shape index (κ3) is 6.40. The predicted molar refractivity (Wildman–Crippen MR) is 65.1 cm³/mol. The van der Waals surface area contributed by atoms with Crippen LogP contribution < -0.4 is 0 Å². The van der Waals surface area contributed by atoms with Gasteiger partial charge in [-0.15, -0.1) is 12.6 Å². The van der Waals surface area contributed by atoms with Crippen molar-refractivity contribution in [1.29, 1.82) is 0 Å². The van der Waals surface area contributed by atoms with Crippen LogP contribution in [0.5, 0.6) is 0 Å². The van der Waals surface area contributed by atoms with Gasteiger partial charge in [-0.2, -0.15) is 12.6 Å². The van der Waals surface area contributed by atoms with Crippen LogP contribution in [0.2, 0.25) is 19.1 Å². The van der Waals surface area contributed by atoms with E-state index in [-0.39, 0.29) is 11.5 Å². The number of ether oxygens (including phenoxy) is 1. The second-order valence-electron chi connectivity index (χ2n) is 4.17. The van der Waals surface area contributed by atoms with E-state index >= 15 is 0 Å². The lowest BCUT2D eigenvalue weighted by Gasteiger charge is -2.24. The highest BCUT2D eigenvalue weighted by Crippen LogP contribution is 2.19. The van der Waals surface area contributed by atoms with E-state index in [1.54, 1.807) is 0 Å². The summed E-state index contributed by atoms with van der Waals surface area (Å²) >= 11 is 8.73. The van der Waals surface area contributed by atoms with Gasteiger partial charge in [-0.1, -0.05) is 13.1 Å². The van der Waals surface area contributed by atoms with E-state index in [1.165, 1.54) is 0 Å². The Morgan fingerprint density at radius 3 is 2.17 bits per heavy atom. The molecule has 0 aromatic carbocycles. The van der Waals surface area contributed by atoms with Gasteiger partial charge in [0.25, 0.3) is 0 Å². The number of hydrogen-bond donors (Lipinski definition) is 2. The van der Waals surface area contributed by atoms with Crippen LogP contribution in [-0.2, 0) is 4.74 Å². The topological polar surface area (TPSA) is 9.23 Å². The van der Waals surface area contributed by atoms with E-state index in [2.05, 4.69) is 38.4 Å². The summed E-state index contributed by atoms with van der Waals surface area (Å²) in [7, 11) is -1.14. The molecule has 0 heterocycles. The molecule has 0 fully saturated rings. The molecule has 0 spiro atoms. The number of thiol groups is 2. The maximum atomic E-state index is 5.55. The van der Waals surface area contributed by atoms with Gasteiger partial charge < -0.3 is 4.74 Å². The zero-order valence-corrected chi connectivity index (χ0v) is 11.2. The molecule has 1 nitrogen and oxygen atoms in total. The quantitative estimate of drug-likeness (QED) is 0.415. The highest BCUT2D eigenvalue weighted by atomic mass is 32.1. The summed E-state index contributed by atoms with van der Waals surface area (Å²) in [5, 5.41) is 1.01. The number of rotatable bonds is 5. The normalized spacial score (nSPS) is 15.2. The Morgan fingerprint density at radius 2 is 1.83 bits per heavy atom. The Balaban J connectivity index is 3.75. The third-order valence-corrected chi connectivity index (χ3v) is 7.13. The van der Waals surface area contributed by atoms with Gasteiger partial charge in [0, 0.05) is 0 Å². The van der Waals surface area contributed by atoms with Gasteiger partial charge >= 0.3 is 0 Å². The van der Waals surface area contributed by atoms with Crippen molar-refractivity contribution in [2.24, 2.45) is 0 Å². The van der Waals surface area contributed by atoms with Crippen molar-refractivity contribution < 1.29 is 4.74 Å². The highest BCUT2D eigenvalue weighted by molar-refractivity contribution is 7.82. The van der Waals surface area contributed by atoms with E-state index < -0.39 is 8.07 Å². The average Bonchev–Trinajstić information content (AvgIpc) is 1.84. The van der Waals surface area contributed by atoms with Crippen LogP contribution in [0.25, 0.3) is 0 Å². The second kappa shape index (κ2) is 5.57. The van der Waals surface area contributed by atoms with Crippen LogP contribution in [0.3, 0.4) is 0 Å². The first kappa shape index (κ1) is 12.9. The molecule has 0 bridgehead atoms. The van der Waals surface area contributed by atoms with Gasteiger partial charge in [0.15, 0.2) is 0 Å². The molecule has 0 saturated carbocycles. The summed E-state index contributed by atoms with van der Waals surface area (Å²) in [5.41, 5.74) is 0.0961. The zero-order valence-electron chi connectivity index (χ0n) is 8.37. The molecule has 0 aliphatic heterocycles. The van der Waals surface area contributed by atoms with Gasteiger partial charge in [-0.05, 0) is 25.3 Å². The van der Waals surface area contributed by atoms with Gasteiger partial charge in [0.05, 0.1) is 19.6 Å². The van der Waals surface area contributed by atoms with E-state index in [4.69, 9.17) is 4.74 Å². The van der Waals surface area contributed by atoms with Gasteiger partial charge in [0.1, 0.15) is 0 Å². The van der Waals surface area contributed by atoms with Crippen molar-refractivity contribution in [3.8, 4) is 0 Å². The molecule has 0 rings (SSSR count). The predicted octanol–water partition coefficient (Wildman–Crippen LogP) is 2.84. The molecule has 0 amide bonds. The maximum absolute atomic E-state index is 5.55. The molecule has 0 saturated heterocycles. The molecule has 0 aromatic rings. The largest absolute Gasteiger partial charge is 0.366 e. The summed E-state index contributed by atoms with van der Waals surface area (Å²) in [6, 6.07) is 1.08. The van der Waals surface area contributed by atoms with E-state index in [9.17, 15) is 0 Å². The van der Waals surface area contributed by atoms with Crippen molar-refractivity contribution in [2.75, 3.05) is 5.38 Å². The van der Waals surface area contributed by atoms with Crippen molar-refractivity contribution in [2.45, 2.75) is 44.5 Å². The van der Waals surface area contributed by atoms with Crippen LogP contribution >= 0.6 is 25.3 Å². The molecule has 0 N–H and O–H groups in total. The smallest absolute Gasteiger partial charge is 0.0979 e. The molecule has 0 aromatic heterocycles. The minimum atomic E-state index is -1.14. The fourth-order valence-corrected chi connectivity index (χ4v) is 4.18. The highest BCUT2D eigenvalue weighted by Gasteiger charge is 2.22. The first-order valence-corrected chi connectivity index (χ1v) is 8.88. The second-order valence-corrected chi connectivity index (χ2v) is 10.7. The molecule has 1 unspecified atom stereocenters. The monoisotopic (exact) mass is 224 g/mol. The maximum Gasteiger partial charge on any atom is 0.0979 e. The Labute approximate surface area is 88.1 Å². The minimum absolute atomic E-state index is 0.0961. The van der Waals surface area contributed by atoms with Gasteiger partial charge in [-0.3, -0.25) is 0 Å². The summed E-state index contributed by atoms with van der Waals surface area (Å²) in [5.74, 6) is 0. The third-order valence-electron chi connectivity index (χ3n) is 1.58. The minimum Gasteiger partial charge on any atom is -0.366 e. The van der Waals surface area contributed by atoms with Crippen molar-refractivity contribution in [3.05, 3.63) is 0 Å². The Hall–Kier alpha value is 0.877. The molecule has 1 atom stereocenters. The lowest BCUT2D eigenvalue weighted by atomic mass is 10.5. The van der Waals surface area contributed by atoms with E-state index in [0.717, 1.165) is 11.4 Å². The fourth-order valence-electron chi connectivity index (χ4n) is 0.900. The van der Waals surface area contributed by atoms with Gasteiger partial charge in [-0.25, -0.2) is 0 Å². The van der Waals surface area contributed by atoms with Crippen molar-refractivity contribution in [3.63, 3.8) is 0 Å². The van der Waals surface area contributed by atoms with Crippen molar-refractivity contribution >= 4 is 33.3 Å². The Bertz CT molecular complexity index is 128. The molecule has 0 aliphatic carbocycles. The zero-order chi connectivity index (χ0) is 9.78.